The van der Waals surface area contributed by atoms with Gasteiger partial charge in [-0.25, -0.2) is 4.39 Å². The van der Waals surface area contributed by atoms with Gasteiger partial charge in [-0.15, -0.1) is 0 Å². The summed E-state index contributed by atoms with van der Waals surface area (Å²) < 4.78 is 24.7. The number of aliphatic imine (C=N–C) groups is 1. The third-order valence-electron chi connectivity index (χ3n) is 6.05. The Morgan fingerprint density at radius 3 is 2.52 bits per heavy atom. The van der Waals surface area contributed by atoms with Gasteiger partial charge in [0.05, 0.1) is 20.8 Å². The van der Waals surface area contributed by atoms with Gasteiger partial charge in [0.25, 0.3) is 0 Å². The van der Waals surface area contributed by atoms with Gasteiger partial charge in [0, 0.05) is 19.1 Å². The quantitative estimate of drug-likeness (QED) is 0.570. The molecule has 0 bridgehead atoms. The second-order valence-corrected chi connectivity index (χ2v) is 8.16. The Bertz CT molecular complexity index is 1210. The smallest absolute Gasteiger partial charge is 0.200 e. The fourth-order valence-corrected chi connectivity index (χ4v) is 4.34. The zero-order valence-corrected chi connectivity index (χ0v) is 18.9. The first-order valence-corrected chi connectivity index (χ1v) is 10.8. The number of rotatable bonds is 8. The first-order chi connectivity index (χ1) is 15.9. The van der Waals surface area contributed by atoms with Gasteiger partial charge in [-0.05, 0) is 88.7 Å². The number of ether oxygens (including phenoxy) is 2. The van der Waals surface area contributed by atoms with Crippen molar-refractivity contribution in [2.75, 3.05) is 20.8 Å². The van der Waals surface area contributed by atoms with E-state index in [4.69, 9.17) is 9.47 Å². The minimum atomic E-state index is -0.312. The fraction of sp³-hybridized carbons (Fsp3) is 0.259. The van der Waals surface area contributed by atoms with Gasteiger partial charge in [0.15, 0.2) is 11.5 Å². The first kappa shape index (κ1) is 22.5. The third-order valence-corrected chi connectivity index (χ3v) is 6.05. The molecular formula is C27H26FNO4. The standard InChI is InChI=1S/C27H26FNO4/c1-16-21(7-5-20(30)10-17-8-9-29-15-17)24-14-19(28)4-6-22(24)23(16)11-18-12-25(32-2)27(31)26(13-18)33-3/h4,6,8-9,11-14,31H,5,7,10,15H2,1-3H3. The summed E-state index contributed by atoms with van der Waals surface area (Å²) in [6.45, 7) is 2.58. The van der Waals surface area contributed by atoms with Crippen molar-refractivity contribution < 1.29 is 23.8 Å². The predicted octanol–water partition coefficient (Wildman–Crippen LogP) is 5.63. The molecule has 0 atom stereocenters. The van der Waals surface area contributed by atoms with Crippen molar-refractivity contribution in [2.24, 2.45) is 4.99 Å². The van der Waals surface area contributed by atoms with Crippen LogP contribution in [-0.4, -0.2) is 37.9 Å². The van der Waals surface area contributed by atoms with Crippen LogP contribution in [0.1, 0.15) is 42.9 Å². The van der Waals surface area contributed by atoms with E-state index in [0.29, 0.717) is 37.3 Å². The van der Waals surface area contributed by atoms with Crippen molar-refractivity contribution >= 4 is 29.2 Å². The maximum absolute atomic E-state index is 14.1. The van der Waals surface area contributed by atoms with Crippen LogP contribution in [0.4, 0.5) is 4.39 Å². The van der Waals surface area contributed by atoms with Crippen molar-refractivity contribution in [3.05, 3.63) is 70.1 Å². The monoisotopic (exact) mass is 447 g/mol. The van der Waals surface area contributed by atoms with E-state index < -0.39 is 0 Å². The van der Waals surface area contributed by atoms with Gasteiger partial charge < -0.3 is 14.6 Å². The van der Waals surface area contributed by atoms with E-state index >= 15 is 0 Å². The maximum atomic E-state index is 14.1. The van der Waals surface area contributed by atoms with Crippen molar-refractivity contribution in [2.45, 2.75) is 26.2 Å². The number of ketones is 1. The number of hydrogen-bond acceptors (Lipinski definition) is 5. The van der Waals surface area contributed by atoms with Crippen LogP contribution < -0.4 is 9.47 Å². The number of aromatic hydroxyl groups is 1. The van der Waals surface area contributed by atoms with E-state index in [1.54, 1.807) is 24.4 Å². The Labute approximate surface area is 192 Å². The number of hydrogen-bond donors (Lipinski definition) is 1. The second-order valence-electron chi connectivity index (χ2n) is 8.16. The van der Waals surface area contributed by atoms with Crippen molar-refractivity contribution in [1.29, 1.82) is 0 Å². The van der Waals surface area contributed by atoms with E-state index in [-0.39, 0.29) is 17.3 Å². The molecule has 1 heterocycles. The lowest BCUT2D eigenvalue weighted by Crippen LogP contribution is -2.01. The highest BCUT2D eigenvalue weighted by atomic mass is 19.1. The van der Waals surface area contributed by atoms with Gasteiger partial charge in [0.2, 0.25) is 5.75 Å². The Hall–Kier alpha value is -3.67. The molecule has 0 radical (unpaired) electrons. The molecule has 4 rings (SSSR count). The molecule has 0 fully saturated rings. The molecular weight excluding hydrogens is 421 g/mol. The minimum Gasteiger partial charge on any atom is -0.502 e. The van der Waals surface area contributed by atoms with Crippen LogP contribution in [0, 0.1) is 5.82 Å². The minimum absolute atomic E-state index is 0.0645. The largest absolute Gasteiger partial charge is 0.502 e. The number of halogens is 1. The number of methoxy groups -OCH3 is 2. The summed E-state index contributed by atoms with van der Waals surface area (Å²) >= 11 is 0. The molecule has 1 N–H and O–H groups in total. The van der Waals surface area contributed by atoms with E-state index in [9.17, 15) is 14.3 Å². The molecule has 5 nitrogen and oxygen atoms in total. The van der Waals surface area contributed by atoms with Crippen molar-refractivity contribution in [3.8, 4) is 17.2 Å². The average Bonchev–Trinajstić information content (AvgIpc) is 3.39. The highest BCUT2D eigenvalue weighted by Gasteiger charge is 2.25. The first-order valence-electron chi connectivity index (χ1n) is 10.8. The number of benzene rings is 2. The second kappa shape index (κ2) is 9.45. The predicted molar refractivity (Wildman–Crippen MR) is 128 cm³/mol. The summed E-state index contributed by atoms with van der Waals surface area (Å²) in [5.41, 5.74) is 6.43. The van der Waals surface area contributed by atoms with Crippen LogP contribution in [0.2, 0.25) is 0 Å². The highest BCUT2D eigenvalue weighted by molar-refractivity contribution is 6.05. The molecule has 2 aromatic rings. The number of phenolic OH excluding ortho intramolecular Hbond substituents is 1. The zero-order valence-electron chi connectivity index (χ0n) is 18.9. The number of Topliss-reactive ketones (excluding diaryl/α,β-unsaturated/α-hetero) is 1. The van der Waals surface area contributed by atoms with Crippen molar-refractivity contribution in [3.63, 3.8) is 0 Å². The van der Waals surface area contributed by atoms with Crippen LogP contribution in [-0.2, 0) is 4.79 Å². The van der Waals surface area contributed by atoms with Crippen LogP contribution >= 0.6 is 0 Å². The summed E-state index contributed by atoms with van der Waals surface area (Å²) in [7, 11) is 2.96. The third kappa shape index (κ3) is 4.60. The Balaban J connectivity index is 1.67. The molecule has 0 spiro atoms. The molecule has 2 aliphatic rings. The van der Waals surface area contributed by atoms with E-state index in [1.807, 2.05) is 19.1 Å². The molecule has 6 heteroatoms. The van der Waals surface area contributed by atoms with E-state index in [2.05, 4.69) is 4.99 Å². The Kier molecular flexibility index (Phi) is 6.45. The summed E-state index contributed by atoms with van der Waals surface area (Å²) in [6, 6.07) is 8.19. The molecule has 0 saturated heterocycles. The van der Waals surface area contributed by atoms with Gasteiger partial charge >= 0.3 is 0 Å². The van der Waals surface area contributed by atoms with Gasteiger partial charge in [-0.3, -0.25) is 9.79 Å². The van der Waals surface area contributed by atoms with Crippen LogP contribution in [0.3, 0.4) is 0 Å². The molecule has 0 unspecified atom stereocenters. The zero-order chi connectivity index (χ0) is 23.5. The number of nitrogens with zero attached hydrogens (tertiary/aromatic N) is 1. The fourth-order valence-electron chi connectivity index (χ4n) is 4.34. The molecule has 0 amide bonds. The molecule has 33 heavy (non-hydrogen) atoms. The number of carbonyl (C=O) groups is 1. The maximum Gasteiger partial charge on any atom is 0.200 e. The highest BCUT2D eigenvalue weighted by Crippen LogP contribution is 2.45. The summed E-state index contributed by atoms with van der Waals surface area (Å²) in [5.74, 6) is 0.376. The average molecular weight is 448 g/mol. The van der Waals surface area contributed by atoms with Gasteiger partial charge in [-0.2, -0.15) is 0 Å². The van der Waals surface area contributed by atoms with Gasteiger partial charge in [0.1, 0.15) is 11.6 Å². The number of fused-ring (bicyclic) bond motifs is 1. The molecule has 1 aliphatic carbocycles. The lowest BCUT2D eigenvalue weighted by molar-refractivity contribution is -0.118. The number of phenols is 1. The van der Waals surface area contributed by atoms with Gasteiger partial charge in [-0.1, -0.05) is 6.07 Å². The van der Waals surface area contributed by atoms with E-state index in [0.717, 1.165) is 39.0 Å². The van der Waals surface area contributed by atoms with E-state index in [1.165, 1.54) is 26.4 Å². The van der Waals surface area contributed by atoms with Crippen LogP contribution in [0.5, 0.6) is 17.2 Å². The normalized spacial score (nSPS) is 15.8. The lowest BCUT2D eigenvalue weighted by Gasteiger charge is -2.11. The molecule has 2 aromatic carbocycles. The summed E-state index contributed by atoms with van der Waals surface area (Å²) in [5, 5.41) is 10.2. The number of carbonyl (C=O) groups excluding carboxylic acids is 1. The Morgan fingerprint density at radius 2 is 1.88 bits per heavy atom. The summed E-state index contributed by atoms with van der Waals surface area (Å²) in [6.07, 6.45) is 6.91. The van der Waals surface area contributed by atoms with Crippen LogP contribution in [0.15, 0.2) is 52.5 Å². The lowest BCUT2D eigenvalue weighted by atomic mass is 9.97. The van der Waals surface area contributed by atoms with Crippen LogP contribution in [0.25, 0.3) is 17.2 Å². The Morgan fingerprint density at radius 1 is 1.15 bits per heavy atom. The molecule has 1 aliphatic heterocycles. The number of allylic oxidation sites excluding steroid dienone is 4. The SMILES string of the molecule is COc1cc(C=C2C(C)=C(CCC(=O)CC3=CC=NC3)c3cc(F)ccc32)cc(OC)c1O. The summed E-state index contributed by atoms with van der Waals surface area (Å²) in [4.78, 5) is 16.7. The molecule has 170 valence electrons. The van der Waals surface area contributed by atoms with Crippen molar-refractivity contribution in [1.82, 2.24) is 0 Å². The molecule has 0 saturated carbocycles. The molecule has 0 aromatic heterocycles. The topological polar surface area (TPSA) is 68.1 Å².